The van der Waals surface area contributed by atoms with E-state index in [4.69, 9.17) is 5.73 Å². The van der Waals surface area contributed by atoms with Gasteiger partial charge in [0.25, 0.3) is 0 Å². The minimum atomic E-state index is 0.229. The summed E-state index contributed by atoms with van der Waals surface area (Å²) in [6, 6.07) is 8.10. The molecule has 2 heterocycles. The maximum Gasteiger partial charge on any atom is 0.224 e. The Morgan fingerprint density at radius 1 is 1.21 bits per heavy atom. The first-order valence-electron chi connectivity index (χ1n) is 5.93. The first-order valence-corrected chi connectivity index (χ1v) is 5.93. The highest BCUT2D eigenvalue weighted by Gasteiger charge is 2.14. The van der Waals surface area contributed by atoms with Crippen LogP contribution in [0.3, 0.4) is 0 Å². The van der Waals surface area contributed by atoms with E-state index in [0.717, 1.165) is 16.9 Å². The number of nitrogens with one attached hydrogen (secondary N) is 1. The van der Waals surface area contributed by atoms with Gasteiger partial charge in [-0.1, -0.05) is 18.2 Å². The zero-order valence-electron chi connectivity index (χ0n) is 10.8. The third-order valence-corrected chi connectivity index (χ3v) is 3.10. The van der Waals surface area contributed by atoms with Crippen LogP contribution in [0.25, 0.3) is 11.0 Å². The molecule has 0 radical (unpaired) electrons. The van der Waals surface area contributed by atoms with E-state index in [1.165, 1.54) is 5.56 Å². The molecule has 96 valence electrons. The number of rotatable bonds is 2. The highest BCUT2D eigenvalue weighted by atomic mass is 15.2. The molecule has 0 unspecified atom stereocenters. The number of nitrogens with zero attached hydrogens (tertiary/aromatic N) is 4. The Bertz CT molecular complexity index is 733. The molecule has 3 rings (SSSR count). The molecule has 0 aliphatic rings. The number of aromatic amines is 1. The SMILES string of the molecule is Cc1ccccc1N(C)c1nc(N)nc2[nH]ncc12. The molecule has 0 atom stereocenters. The van der Waals surface area contributed by atoms with E-state index in [1.807, 2.05) is 30.1 Å². The first-order chi connectivity index (χ1) is 9.16. The van der Waals surface area contributed by atoms with Crippen molar-refractivity contribution in [3.8, 4) is 0 Å². The topological polar surface area (TPSA) is 83.7 Å². The monoisotopic (exact) mass is 254 g/mol. The van der Waals surface area contributed by atoms with Crippen LogP contribution in [-0.4, -0.2) is 27.2 Å². The molecule has 0 fully saturated rings. The summed E-state index contributed by atoms with van der Waals surface area (Å²) in [5.74, 6) is 0.970. The number of aryl methyl sites for hydroxylation is 1. The molecule has 6 nitrogen and oxygen atoms in total. The summed E-state index contributed by atoms with van der Waals surface area (Å²) in [5, 5.41) is 7.65. The summed E-state index contributed by atoms with van der Waals surface area (Å²) in [6.45, 7) is 2.06. The van der Waals surface area contributed by atoms with Crippen molar-refractivity contribution in [2.24, 2.45) is 0 Å². The van der Waals surface area contributed by atoms with Crippen molar-refractivity contribution in [1.29, 1.82) is 0 Å². The lowest BCUT2D eigenvalue weighted by Gasteiger charge is -2.21. The van der Waals surface area contributed by atoms with Gasteiger partial charge in [-0.25, -0.2) is 0 Å². The standard InChI is InChI=1S/C13H14N6/c1-8-5-3-4-6-10(8)19(2)12-9-7-15-18-11(9)16-13(14)17-12/h3-7H,1-2H3,(H3,14,15,16,17,18). The van der Waals surface area contributed by atoms with Crippen molar-refractivity contribution in [3.63, 3.8) is 0 Å². The number of hydrogen-bond acceptors (Lipinski definition) is 5. The second kappa shape index (κ2) is 4.24. The van der Waals surface area contributed by atoms with Crippen LogP contribution < -0.4 is 10.6 Å². The molecule has 0 spiro atoms. The summed E-state index contributed by atoms with van der Waals surface area (Å²) in [6.07, 6.45) is 1.71. The first kappa shape index (κ1) is 11.5. The van der Waals surface area contributed by atoms with Gasteiger partial charge in [-0.05, 0) is 18.6 Å². The van der Waals surface area contributed by atoms with E-state index < -0.39 is 0 Å². The van der Waals surface area contributed by atoms with Crippen LogP contribution in [0.4, 0.5) is 17.5 Å². The lowest BCUT2D eigenvalue weighted by Crippen LogP contribution is -2.14. The van der Waals surface area contributed by atoms with Crippen LogP contribution in [0.15, 0.2) is 30.5 Å². The van der Waals surface area contributed by atoms with Crippen LogP contribution in [0.1, 0.15) is 5.56 Å². The number of hydrogen-bond donors (Lipinski definition) is 2. The lowest BCUT2D eigenvalue weighted by atomic mass is 10.2. The Balaban J connectivity index is 2.19. The van der Waals surface area contributed by atoms with Gasteiger partial charge in [0.1, 0.15) is 5.82 Å². The Morgan fingerprint density at radius 3 is 2.79 bits per heavy atom. The molecule has 0 bridgehead atoms. The van der Waals surface area contributed by atoms with Crippen molar-refractivity contribution in [3.05, 3.63) is 36.0 Å². The van der Waals surface area contributed by atoms with Gasteiger partial charge in [0, 0.05) is 12.7 Å². The predicted octanol–water partition coefficient (Wildman–Crippen LogP) is 2.01. The van der Waals surface area contributed by atoms with Gasteiger partial charge in [0.15, 0.2) is 5.65 Å². The van der Waals surface area contributed by atoms with Crippen LogP contribution >= 0.6 is 0 Å². The molecule has 3 aromatic rings. The molecular weight excluding hydrogens is 240 g/mol. The summed E-state index contributed by atoms with van der Waals surface area (Å²) in [4.78, 5) is 10.4. The number of anilines is 3. The third kappa shape index (κ3) is 1.87. The molecule has 0 amide bonds. The minimum absolute atomic E-state index is 0.229. The summed E-state index contributed by atoms with van der Waals surface area (Å²) in [7, 11) is 1.95. The smallest absolute Gasteiger partial charge is 0.224 e. The Kier molecular flexibility index (Phi) is 2.56. The molecule has 1 aromatic carbocycles. The Hall–Kier alpha value is -2.63. The zero-order valence-corrected chi connectivity index (χ0v) is 10.8. The maximum absolute atomic E-state index is 5.74. The van der Waals surface area contributed by atoms with E-state index in [9.17, 15) is 0 Å². The fourth-order valence-electron chi connectivity index (χ4n) is 2.15. The molecule has 0 saturated heterocycles. The van der Waals surface area contributed by atoms with Crippen LogP contribution in [0, 0.1) is 6.92 Å². The van der Waals surface area contributed by atoms with Gasteiger partial charge in [0.05, 0.1) is 11.6 Å². The molecule has 0 aliphatic heterocycles. The second-order valence-corrected chi connectivity index (χ2v) is 4.38. The Morgan fingerprint density at radius 2 is 2.00 bits per heavy atom. The molecule has 2 aromatic heterocycles. The predicted molar refractivity (Wildman–Crippen MR) is 75.3 cm³/mol. The summed E-state index contributed by atoms with van der Waals surface area (Å²) < 4.78 is 0. The highest BCUT2D eigenvalue weighted by Crippen LogP contribution is 2.29. The normalized spacial score (nSPS) is 10.8. The number of H-pyrrole nitrogens is 1. The molecule has 6 heteroatoms. The largest absolute Gasteiger partial charge is 0.368 e. The van der Waals surface area contributed by atoms with Crippen molar-refractivity contribution < 1.29 is 0 Å². The van der Waals surface area contributed by atoms with Gasteiger partial charge in [-0.3, -0.25) is 5.10 Å². The molecule has 0 aliphatic carbocycles. The number of nitrogens with two attached hydrogens (primary N) is 1. The lowest BCUT2D eigenvalue weighted by molar-refractivity contribution is 1.08. The molecule has 3 N–H and O–H groups in total. The minimum Gasteiger partial charge on any atom is -0.368 e. The van der Waals surface area contributed by atoms with Crippen LogP contribution in [-0.2, 0) is 0 Å². The third-order valence-electron chi connectivity index (χ3n) is 3.10. The quantitative estimate of drug-likeness (QED) is 0.730. The average molecular weight is 254 g/mol. The number of aromatic nitrogens is 4. The fourth-order valence-corrected chi connectivity index (χ4v) is 2.15. The number of nitrogen functional groups attached to an aromatic ring is 1. The average Bonchev–Trinajstić information content (AvgIpc) is 2.85. The van der Waals surface area contributed by atoms with E-state index in [2.05, 4.69) is 33.2 Å². The van der Waals surface area contributed by atoms with Crippen molar-refractivity contribution in [2.75, 3.05) is 17.7 Å². The Labute approximate surface area is 110 Å². The van der Waals surface area contributed by atoms with Crippen molar-refractivity contribution >= 4 is 28.5 Å². The highest BCUT2D eigenvalue weighted by molar-refractivity contribution is 5.89. The number of fused-ring (bicyclic) bond motifs is 1. The van der Waals surface area contributed by atoms with Crippen molar-refractivity contribution in [2.45, 2.75) is 6.92 Å². The van der Waals surface area contributed by atoms with Gasteiger partial charge in [0.2, 0.25) is 5.95 Å². The van der Waals surface area contributed by atoms with Crippen LogP contribution in [0.5, 0.6) is 0 Å². The van der Waals surface area contributed by atoms with Gasteiger partial charge in [-0.2, -0.15) is 15.1 Å². The van der Waals surface area contributed by atoms with Crippen molar-refractivity contribution in [1.82, 2.24) is 20.2 Å². The summed E-state index contributed by atoms with van der Waals surface area (Å²) in [5.41, 5.74) is 8.62. The van der Waals surface area contributed by atoms with Crippen LogP contribution in [0.2, 0.25) is 0 Å². The van der Waals surface area contributed by atoms with E-state index in [-0.39, 0.29) is 5.95 Å². The molecule has 19 heavy (non-hydrogen) atoms. The second-order valence-electron chi connectivity index (χ2n) is 4.38. The maximum atomic E-state index is 5.74. The summed E-state index contributed by atoms with van der Waals surface area (Å²) >= 11 is 0. The van der Waals surface area contributed by atoms with E-state index >= 15 is 0 Å². The molecule has 0 saturated carbocycles. The zero-order chi connectivity index (χ0) is 13.4. The van der Waals surface area contributed by atoms with E-state index in [1.54, 1.807) is 6.20 Å². The van der Waals surface area contributed by atoms with E-state index in [0.29, 0.717) is 5.65 Å². The molecular formula is C13H14N6. The number of benzene rings is 1. The van der Waals surface area contributed by atoms with Gasteiger partial charge < -0.3 is 10.6 Å². The van der Waals surface area contributed by atoms with Gasteiger partial charge in [-0.15, -0.1) is 0 Å². The number of para-hydroxylation sites is 1. The fraction of sp³-hybridized carbons (Fsp3) is 0.154. The van der Waals surface area contributed by atoms with Gasteiger partial charge >= 0.3 is 0 Å².